The first-order valence-electron chi connectivity index (χ1n) is 15.7. The molecule has 7 aromatic carbocycles. The molecule has 0 amide bonds. The number of rotatable bonds is 5. The Hall–Kier alpha value is -6.39. The van der Waals surface area contributed by atoms with E-state index in [1.165, 1.54) is 10.8 Å². The first kappa shape index (κ1) is 27.0. The fourth-order valence-corrected chi connectivity index (χ4v) is 6.31. The summed E-state index contributed by atoms with van der Waals surface area (Å²) in [6, 6.07) is 56.5. The van der Waals surface area contributed by atoms with Crippen LogP contribution in [-0.2, 0) is 0 Å². The number of furan rings is 1. The smallest absolute Gasteiger partial charge is 0.164 e. The Morgan fingerprint density at radius 3 is 1.64 bits per heavy atom. The molecule has 0 aliphatic rings. The van der Waals surface area contributed by atoms with E-state index in [0.29, 0.717) is 17.5 Å². The van der Waals surface area contributed by atoms with Crippen LogP contribution in [0.25, 0.3) is 89.1 Å². The largest absolute Gasteiger partial charge is 0.456 e. The summed E-state index contributed by atoms with van der Waals surface area (Å²) < 4.78 is 6.11. The second-order valence-corrected chi connectivity index (χ2v) is 11.7. The summed E-state index contributed by atoms with van der Waals surface area (Å²) in [6.45, 7) is 0. The van der Waals surface area contributed by atoms with Gasteiger partial charge in [0.1, 0.15) is 11.2 Å². The van der Waals surface area contributed by atoms with E-state index in [0.717, 1.165) is 60.9 Å². The summed E-state index contributed by atoms with van der Waals surface area (Å²) in [5.74, 6) is 1.85. The molecule has 2 heterocycles. The topological polar surface area (TPSA) is 51.8 Å². The average molecular weight is 602 g/mol. The van der Waals surface area contributed by atoms with Crippen LogP contribution in [0.4, 0.5) is 0 Å². The minimum Gasteiger partial charge on any atom is -0.456 e. The predicted molar refractivity (Wildman–Crippen MR) is 192 cm³/mol. The van der Waals surface area contributed by atoms with E-state index in [1.807, 2.05) is 66.7 Å². The summed E-state index contributed by atoms with van der Waals surface area (Å²) in [7, 11) is 0. The van der Waals surface area contributed by atoms with Crippen molar-refractivity contribution >= 4 is 32.7 Å². The van der Waals surface area contributed by atoms with Gasteiger partial charge in [-0.15, -0.1) is 0 Å². The minimum absolute atomic E-state index is 0.610. The van der Waals surface area contributed by atoms with Gasteiger partial charge in [-0.3, -0.25) is 0 Å². The molecule has 220 valence electrons. The SMILES string of the molecule is c1ccc(-c2cc(-c3ccc4ccccc4c3)cc(-c3nc(-c4ccccc4)nc(-c4ccc5oc6ccccc6c5c4)n3)c2)cc1. The maximum atomic E-state index is 6.11. The summed E-state index contributed by atoms with van der Waals surface area (Å²) in [6.07, 6.45) is 0. The molecule has 4 heteroatoms. The van der Waals surface area contributed by atoms with E-state index < -0.39 is 0 Å². The Balaban J connectivity index is 1.26. The van der Waals surface area contributed by atoms with Crippen LogP contribution in [-0.4, -0.2) is 15.0 Å². The molecule has 0 unspecified atom stereocenters. The molecular formula is C43H27N3O. The lowest BCUT2D eigenvalue weighted by Gasteiger charge is -2.13. The van der Waals surface area contributed by atoms with Gasteiger partial charge in [-0.2, -0.15) is 0 Å². The van der Waals surface area contributed by atoms with Crippen molar-refractivity contribution < 1.29 is 4.42 Å². The maximum Gasteiger partial charge on any atom is 0.164 e. The lowest BCUT2D eigenvalue weighted by molar-refractivity contribution is 0.669. The summed E-state index contributed by atoms with van der Waals surface area (Å²) in [5, 5.41) is 4.52. The molecule has 0 N–H and O–H groups in total. The number of fused-ring (bicyclic) bond motifs is 4. The van der Waals surface area contributed by atoms with Crippen LogP contribution in [0.1, 0.15) is 0 Å². The number of nitrogens with zero attached hydrogens (tertiary/aromatic N) is 3. The fraction of sp³-hybridized carbons (Fsp3) is 0. The van der Waals surface area contributed by atoms with E-state index in [-0.39, 0.29) is 0 Å². The third kappa shape index (κ3) is 5.02. The van der Waals surface area contributed by atoms with Crippen molar-refractivity contribution in [3.63, 3.8) is 0 Å². The van der Waals surface area contributed by atoms with Crippen molar-refractivity contribution in [2.75, 3.05) is 0 Å². The lowest BCUT2D eigenvalue weighted by atomic mass is 9.94. The number of para-hydroxylation sites is 1. The van der Waals surface area contributed by atoms with Crippen molar-refractivity contribution in [3.05, 3.63) is 164 Å². The minimum atomic E-state index is 0.610. The molecule has 9 aromatic rings. The summed E-state index contributed by atoms with van der Waals surface area (Å²) in [4.78, 5) is 15.2. The molecular weight excluding hydrogens is 574 g/mol. The highest BCUT2D eigenvalue weighted by molar-refractivity contribution is 6.06. The number of benzene rings is 7. The van der Waals surface area contributed by atoms with E-state index in [9.17, 15) is 0 Å². The van der Waals surface area contributed by atoms with E-state index in [2.05, 4.69) is 97.1 Å². The normalized spacial score (nSPS) is 11.4. The van der Waals surface area contributed by atoms with Crippen LogP contribution in [0.3, 0.4) is 0 Å². The molecule has 0 saturated carbocycles. The molecule has 4 nitrogen and oxygen atoms in total. The quantitative estimate of drug-likeness (QED) is 0.197. The third-order valence-electron chi connectivity index (χ3n) is 8.68. The molecule has 0 atom stereocenters. The van der Waals surface area contributed by atoms with Gasteiger partial charge in [-0.05, 0) is 81.6 Å². The highest BCUT2D eigenvalue weighted by Gasteiger charge is 2.16. The number of hydrogen-bond acceptors (Lipinski definition) is 4. The van der Waals surface area contributed by atoms with Crippen LogP contribution in [0.2, 0.25) is 0 Å². The molecule has 2 aromatic heterocycles. The van der Waals surface area contributed by atoms with Crippen LogP contribution in [0.5, 0.6) is 0 Å². The predicted octanol–water partition coefficient (Wildman–Crippen LogP) is 11.3. The van der Waals surface area contributed by atoms with Crippen molar-refractivity contribution in [3.8, 4) is 56.4 Å². The summed E-state index contributed by atoms with van der Waals surface area (Å²) >= 11 is 0. The Kier molecular flexibility index (Phi) is 6.43. The van der Waals surface area contributed by atoms with Gasteiger partial charge in [0.2, 0.25) is 0 Å². The van der Waals surface area contributed by atoms with Gasteiger partial charge in [0.05, 0.1) is 0 Å². The fourth-order valence-electron chi connectivity index (χ4n) is 6.31. The summed E-state index contributed by atoms with van der Waals surface area (Å²) in [5.41, 5.74) is 8.92. The van der Waals surface area contributed by atoms with Gasteiger partial charge in [0, 0.05) is 27.5 Å². The average Bonchev–Trinajstić information content (AvgIpc) is 3.53. The monoisotopic (exact) mass is 601 g/mol. The van der Waals surface area contributed by atoms with Crippen LogP contribution in [0.15, 0.2) is 168 Å². The maximum absolute atomic E-state index is 6.11. The van der Waals surface area contributed by atoms with Gasteiger partial charge < -0.3 is 4.42 Å². The number of hydrogen-bond donors (Lipinski definition) is 0. The van der Waals surface area contributed by atoms with Gasteiger partial charge in [0.25, 0.3) is 0 Å². The van der Waals surface area contributed by atoms with E-state index in [1.54, 1.807) is 0 Å². The van der Waals surface area contributed by atoms with Crippen LogP contribution in [0, 0.1) is 0 Å². The van der Waals surface area contributed by atoms with Crippen molar-refractivity contribution in [2.45, 2.75) is 0 Å². The molecule has 47 heavy (non-hydrogen) atoms. The lowest BCUT2D eigenvalue weighted by Crippen LogP contribution is -2.00. The van der Waals surface area contributed by atoms with Crippen molar-refractivity contribution in [2.24, 2.45) is 0 Å². The molecule has 0 fully saturated rings. The second-order valence-electron chi connectivity index (χ2n) is 11.7. The highest BCUT2D eigenvalue weighted by atomic mass is 16.3. The van der Waals surface area contributed by atoms with Gasteiger partial charge in [-0.25, -0.2) is 15.0 Å². The van der Waals surface area contributed by atoms with Crippen LogP contribution < -0.4 is 0 Å². The van der Waals surface area contributed by atoms with E-state index >= 15 is 0 Å². The van der Waals surface area contributed by atoms with Gasteiger partial charge in [0.15, 0.2) is 17.5 Å². The Morgan fingerprint density at radius 2 is 0.851 bits per heavy atom. The Bertz CT molecular complexity index is 2570. The van der Waals surface area contributed by atoms with Crippen molar-refractivity contribution in [1.29, 1.82) is 0 Å². The Labute approximate surface area is 271 Å². The highest BCUT2D eigenvalue weighted by Crippen LogP contribution is 2.36. The zero-order chi connectivity index (χ0) is 31.2. The van der Waals surface area contributed by atoms with Gasteiger partial charge in [-0.1, -0.05) is 115 Å². The number of aromatic nitrogens is 3. The van der Waals surface area contributed by atoms with Gasteiger partial charge >= 0.3 is 0 Å². The molecule has 0 radical (unpaired) electrons. The molecule has 0 aliphatic carbocycles. The zero-order valence-corrected chi connectivity index (χ0v) is 25.3. The first-order chi connectivity index (χ1) is 23.2. The zero-order valence-electron chi connectivity index (χ0n) is 25.3. The molecule has 9 rings (SSSR count). The Morgan fingerprint density at radius 1 is 0.298 bits per heavy atom. The van der Waals surface area contributed by atoms with E-state index in [4.69, 9.17) is 19.4 Å². The standard InChI is InChI=1S/C43H27N3O/c1-3-11-28(12-4-1)34-24-35(32-20-19-29-13-7-8-16-31(29)23-32)26-36(25-34)43-45-41(30-14-5-2-6-15-30)44-42(46-43)33-21-22-40-38(27-33)37-17-9-10-18-39(37)47-40/h1-27H. The molecule has 0 saturated heterocycles. The second kappa shape index (κ2) is 11.2. The molecule has 0 bridgehead atoms. The molecule has 0 spiro atoms. The van der Waals surface area contributed by atoms with Crippen LogP contribution >= 0.6 is 0 Å². The van der Waals surface area contributed by atoms with Crippen molar-refractivity contribution in [1.82, 2.24) is 15.0 Å². The first-order valence-corrected chi connectivity index (χ1v) is 15.7. The molecule has 0 aliphatic heterocycles. The third-order valence-corrected chi connectivity index (χ3v) is 8.68.